The average molecular weight is 233 g/mol. The lowest BCUT2D eigenvalue weighted by Crippen LogP contribution is -2.55. The van der Waals surface area contributed by atoms with E-state index in [4.69, 9.17) is 0 Å². The van der Waals surface area contributed by atoms with Gasteiger partial charge in [-0.15, -0.1) is 0 Å². The van der Waals surface area contributed by atoms with Crippen molar-refractivity contribution in [1.82, 2.24) is 9.88 Å². The second kappa shape index (κ2) is 4.32. The number of hydrogen-bond acceptors (Lipinski definition) is 4. The predicted molar refractivity (Wildman–Crippen MR) is 59.1 cm³/mol. The molecule has 0 spiro atoms. The number of pyridine rings is 1. The first-order valence-electron chi connectivity index (χ1n) is 5.22. The van der Waals surface area contributed by atoms with Gasteiger partial charge in [-0.1, -0.05) is 0 Å². The van der Waals surface area contributed by atoms with Crippen LogP contribution in [0.25, 0.3) is 0 Å². The Morgan fingerprint density at radius 1 is 1.29 bits per heavy atom. The highest BCUT2D eigenvalue weighted by molar-refractivity contribution is 6.26. The standard InChI is InChI=1S/C11H11N3O3/c1-2-13-9(15)6-10(16)14(11(13)17)8-4-3-5-12-7-8/h3-5,7H,2,6H2,1H3. The molecule has 88 valence electrons. The molecule has 0 radical (unpaired) electrons. The minimum atomic E-state index is -0.609. The molecule has 6 nitrogen and oxygen atoms in total. The van der Waals surface area contributed by atoms with E-state index in [1.165, 1.54) is 6.20 Å². The van der Waals surface area contributed by atoms with E-state index in [2.05, 4.69) is 4.98 Å². The Hall–Kier alpha value is -2.24. The second-order valence-corrected chi connectivity index (χ2v) is 3.54. The number of aromatic nitrogens is 1. The number of barbiturate groups is 1. The number of anilines is 1. The Kier molecular flexibility index (Phi) is 2.86. The molecule has 0 saturated carbocycles. The van der Waals surface area contributed by atoms with Crippen molar-refractivity contribution in [1.29, 1.82) is 0 Å². The van der Waals surface area contributed by atoms with Gasteiger partial charge in [0.1, 0.15) is 6.42 Å². The van der Waals surface area contributed by atoms with Gasteiger partial charge >= 0.3 is 6.03 Å². The molecule has 2 rings (SSSR count). The Labute approximate surface area is 97.8 Å². The van der Waals surface area contributed by atoms with Crippen molar-refractivity contribution in [3.63, 3.8) is 0 Å². The van der Waals surface area contributed by atoms with Crippen LogP contribution in [0.4, 0.5) is 10.5 Å². The molecule has 0 atom stereocenters. The third-order valence-electron chi connectivity index (χ3n) is 2.50. The Bertz CT molecular complexity index is 472. The van der Waals surface area contributed by atoms with Gasteiger partial charge < -0.3 is 0 Å². The Morgan fingerprint density at radius 3 is 2.65 bits per heavy atom. The van der Waals surface area contributed by atoms with Gasteiger partial charge in [0.05, 0.1) is 11.9 Å². The third kappa shape index (κ3) is 1.89. The maximum Gasteiger partial charge on any atom is 0.338 e. The lowest BCUT2D eigenvalue weighted by molar-refractivity contribution is -0.134. The molecule has 1 aliphatic heterocycles. The van der Waals surface area contributed by atoms with Gasteiger partial charge in [-0.05, 0) is 19.1 Å². The van der Waals surface area contributed by atoms with Crippen LogP contribution in [0.15, 0.2) is 24.5 Å². The monoisotopic (exact) mass is 233 g/mol. The number of amides is 4. The molecule has 1 saturated heterocycles. The van der Waals surface area contributed by atoms with E-state index >= 15 is 0 Å². The highest BCUT2D eigenvalue weighted by atomic mass is 16.2. The minimum Gasteiger partial charge on any atom is -0.274 e. The van der Waals surface area contributed by atoms with Crippen LogP contribution < -0.4 is 4.90 Å². The Morgan fingerprint density at radius 2 is 2.06 bits per heavy atom. The van der Waals surface area contributed by atoms with Crippen LogP contribution in [-0.4, -0.2) is 34.3 Å². The molecular formula is C11H11N3O3. The smallest absolute Gasteiger partial charge is 0.274 e. The van der Waals surface area contributed by atoms with E-state index in [0.717, 1.165) is 9.80 Å². The summed E-state index contributed by atoms with van der Waals surface area (Å²) < 4.78 is 0. The second-order valence-electron chi connectivity index (χ2n) is 3.54. The maximum absolute atomic E-state index is 12.0. The molecule has 0 N–H and O–H groups in total. The van der Waals surface area contributed by atoms with Crippen LogP contribution in [0.3, 0.4) is 0 Å². The van der Waals surface area contributed by atoms with Gasteiger partial charge in [-0.25, -0.2) is 9.69 Å². The third-order valence-corrected chi connectivity index (χ3v) is 2.50. The summed E-state index contributed by atoms with van der Waals surface area (Å²) in [6.45, 7) is 1.94. The number of hydrogen-bond donors (Lipinski definition) is 0. The molecule has 1 fully saturated rings. The molecule has 17 heavy (non-hydrogen) atoms. The van der Waals surface area contributed by atoms with E-state index < -0.39 is 17.8 Å². The molecule has 0 bridgehead atoms. The molecule has 1 aromatic rings. The molecular weight excluding hydrogens is 222 g/mol. The number of carbonyl (C=O) groups excluding carboxylic acids is 3. The summed E-state index contributed by atoms with van der Waals surface area (Å²) in [4.78, 5) is 41.0. The van der Waals surface area contributed by atoms with Gasteiger partial charge in [0, 0.05) is 12.7 Å². The number of carbonyl (C=O) groups is 3. The van der Waals surface area contributed by atoms with Crippen molar-refractivity contribution < 1.29 is 14.4 Å². The van der Waals surface area contributed by atoms with E-state index in [0.29, 0.717) is 5.69 Å². The topological polar surface area (TPSA) is 70.6 Å². The highest BCUT2D eigenvalue weighted by Crippen LogP contribution is 2.20. The fourth-order valence-corrected chi connectivity index (χ4v) is 1.69. The number of urea groups is 1. The van der Waals surface area contributed by atoms with E-state index in [9.17, 15) is 14.4 Å². The number of rotatable bonds is 2. The summed E-state index contributed by atoms with van der Waals surface area (Å²) in [5, 5.41) is 0. The van der Waals surface area contributed by atoms with Gasteiger partial charge in [0.2, 0.25) is 11.8 Å². The van der Waals surface area contributed by atoms with Gasteiger partial charge in [-0.3, -0.25) is 19.5 Å². The van der Waals surface area contributed by atoms with E-state index in [1.807, 2.05) is 0 Å². The zero-order chi connectivity index (χ0) is 12.4. The lowest BCUT2D eigenvalue weighted by Gasteiger charge is -2.31. The largest absolute Gasteiger partial charge is 0.338 e. The molecule has 6 heteroatoms. The van der Waals surface area contributed by atoms with Crippen molar-refractivity contribution in [2.24, 2.45) is 0 Å². The molecule has 4 amide bonds. The summed E-state index contributed by atoms with van der Waals surface area (Å²) in [5.74, 6) is -0.972. The normalized spacial score (nSPS) is 16.6. The van der Waals surface area contributed by atoms with Crippen LogP contribution in [0.1, 0.15) is 13.3 Å². The van der Waals surface area contributed by atoms with Crippen molar-refractivity contribution in [3.8, 4) is 0 Å². The SMILES string of the molecule is CCN1C(=O)CC(=O)N(c2cccnc2)C1=O. The quantitative estimate of drug-likeness (QED) is 0.708. The van der Waals surface area contributed by atoms with Crippen LogP contribution in [-0.2, 0) is 9.59 Å². The molecule has 0 unspecified atom stereocenters. The van der Waals surface area contributed by atoms with Crippen LogP contribution in [0, 0.1) is 0 Å². The minimum absolute atomic E-state index is 0.252. The predicted octanol–water partition coefficient (Wildman–Crippen LogP) is 0.787. The average Bonchev–Trinajstić information content (AvgIpc) is 2.30. The van der Waals surface area contributed by atoms with Crippen LogP contribution in [0.5, 0.6) is 0 Å². The zero-order valence-electron chi connectivity index (χ0n) is 9.29. The fraction of sp³-hybridized carbons (Fsp3) is 0.273. The zero-order valence-corrected chi connectivity index (χ0v) is 9.29. The highest BCUT2D eigenvalue weighted by Gasteiger charge is 2.37. The van der Waals surface area contributed by atoms with Crippen molar-refractivity contribution >= 4 is 23.5 Å². The molecule has 0 aliphatic carbocycles. The van der Waals surface area contributed by atoms with Crippen LogP contribution in [0.2, 0.25) is 0 Å². The molecule has 1 aromatic heterocycles. The van der Waals surface area contributed by atoms with Crippen LogP contribution >= 0.6 is 0 Å². The van der Waals surface area contributed by atoms with E-state index in [1.54, 1.807) is 25.3 Å². The maximum atomic E-state index is 12.0. The summed E-state index contributed by atoms with van der Waals surface area (Å²) in [6, 6.07) is 2.62. The van der Waals surface area contributed by atoms with Crippen molar-refractivity contribution in [3.05, 3.63) is 24.5 Å². The summed E-state index contributed by atoms with van der Waals surface area (Å²) in [6.07, 6.45) is 2.68. The van der Waals surface area contributed by atoms with Gasteiger partial charge in [0.25, 0.3) is 0 Å². The molecule has 0 aromatic carbocycles. The fourth-order valence-electron chi connectivity index (χ4n) is 1.69. The van der Waals surface area contributed by atoms with Gasteiger partial charge in [-0.2, -0.15) is 0 Å². The van der Waals surface area contributed by atoms with E-state index in [-0.39, 0.29) is 13.0 Å². The summed E-state index contributed by atoms with van der Waals surface area (Å²) >= 11 is 0. The molecule has 1 aliphatic rings. The van der Waals surface area contributed by atoms with Crippen molar-refractivity contribution in [2.45, 2.75) is 13.3 Å². The summed E-state index contributed by atoms with van der Waals surface area (Å²) in [5.41, 5.74) is 0.383. The number of imide groups is 2. The van der Waals surface area contributed by atoms with Crippen molar-refractivity contribution in [2.75, 3.05) is 11.4 Å². The summed E-state index contributed by atoms with van der Waals surface area (Å²) in [7, 11) is 0. The number of nitrogens with zero attached hydrogens (tertiary/aromatic N) is 3. The first kappa shape index (κ1) is 11.3. The molecule has 2 heterocycles. The van der Waals surface area contributed by atoms with Gasteiger partial charge in [0.15, 0.2) is 0 Å². The first-order valence-corrected chi connectivity index (χ1v) is 5.22. The Balaban J connectivity index is 2.37. The lowest BCUT2D eigenvalue weighted by atomic mass is 10.2. The first-order chi connectivity index (χ1) is 8.15.